The zero-order valence-corrected chi connectivity index (χ0v) is 19.7. The molecule has 33 heavy (non-hydrogen) atoms. The molecular weight excluding hydrogens is 468 g/mol. The van der Waals surface area contributed by atoms with Crippen molar-refractivity contribution < 1.29 is 26.4 Å². The molecule has 0 saturated carbocycles. The highest BCUT2D eigenvalue weighted by molar-refractivity contribution is 7.89. The van der Waals surface area contributed by atoms with E-state index >= 15 is 0 Å². The Bertz CT molecular complexity index is 1190. The summed E-state index contributed by atoms with van der Waals surface area (Å²) < 4.78 is 53.8. The van der Waals surface area contributed by atoms with E-state index in [9.17, 15) is 26.4 Å². The highest BCUT2D eigenvalue weighted by Gasteiger charge is 2.29. The van der Waals surface area contributed by atoms with Crippen molar-refractivity contribution in [2.24, 2.45) is 0 Å². The van der Waals surface area contributed by atoms with Gasteiger partial charge in [0, 0.05) is 38.8 Å². The van der Waals surface area contributed by atoms with E-state index in [0.717, 1.165) is 0 Å². The number of sulfonamides is 2. The van der Waals surface area contributed by atoms with Crippen molar-refractivity contribution in [2.75, 3.05) is 38.0 Å². The van der Waals surface area contributed by atoms with Crippen LogP contribution in [0.4, 0.5) is 5.69 Å². The van der Waals surface area contributed by atoms with E-state index in [4.69, 9.17) is 0 Å². The second-order valence-corrected chi connectivity index (χ2v) is 11.3. The van der Waals surface area contributed by atoms with E-state index in [1.807, 2.05) is 6.07 Å². The summed E-state index contributed by atoms with van der Waals surface area (Å²) in [7, 11) is -7.43. The minimum absolute atomic E-state index is 0.0405. The summed E-state index contributed by atoms with van der Waals surface area (Å²) in [6.07, 6.45) is 0. The number of carbonyl (C=O) groups is 2. The van der Waals surface area contributed by atoms with Crippen molar-refractivity contribution in [2.45, 2.75) is 17.6 Å². The molecular formula is C21H26N4O6S2. The first-order chi connectivity index (χ1) is 15.6. The van der Waals surface area contributed by atoms with Crippen LogP contribution in [0.2, 0.25) is 0 Å². The molecule has 0 aromatic heterocycles. The van der Waals surface area contributed by atoms with E-state index < -0.39 is 32.5 Å². The third kappa shape index (κ3) is 6.84. The van der Waals surface area contributed by atoms with Gasteiger partial charge in [-0.3, -0.25) is 9.59 Å². The van der Waals surface area contributed by atoms with Gasteiger partial charge in [-0.05, 0) is 29.8 Å². The topological polar surface area (TPSA) is 133 Å². The maximum absolute atomic E-state index is 12.6. The molecule has 0 aliphatic carbocycles. The van der Waals surface area contributed by atoms with Crippen molar-refractivity contribution in [3.63, 3.8) is 0 Å². The number of nitrogens with zero attached hydrogens (tertiary/aromatic N) is 2. The third-order valence-corrected chi connectivity index (χ3v) is 8.34. The van der Waals surface area contributed by atoms with Crippen LogP contribution in [0, 0.1) is 0 Å². The van der Waals surface area contributed by atoms with Crippen LogP contribution in [0.1, 0.15) is 12.5 Å². The lowest BCUT2D eigenvalue weighted by Crippen LogP contribution is -2.52. The Kier molecular flexibility index (Phi) is 7.84. The Labute approximate surface area is 193 Å². The smallest absolute Gasteiger partial charge is 0.241 e. The Morgan fingerprint density at radius 1 is 0.879 bits per heavy atom. The molecule has 0 atom stereocenters. The van der Waals surface area contributed by atoms with Gasteiger partial charge in [0.1, 0.15) is 0 Å². The summed E-state index contributed by atoms with van der Waals surface area (Å²) in [6, 6.07) is 14.4. The molecule has 3 rings (SSSR count). The van der Waals surface area contributed by atoms with Crippen molar-refractivity contribution in [3.05, 3.63) is 60.2 Å². The fraction of sp³-hybridized carbons (Fsp3) is 0.333. The molecule has 2 N–H and O–H groups in total. The number of nitrogens with one attached hydrogen (secondary N) is 2. The molecule has 1 fully saturated rings. The fourth-order valence-corrected chi connectivity index (χ4v) is 5.85. The highest BCUT2D eigenvalue weighted by Crippen LogP contribution is 2.15. The van der Waals surface area contributed by atoms with Gasteiger partial charge in [-0.25, -0.2) is 21.6 Å². The molecule has 2 amide bonds. The maximum atomic E-state index is 12.6. The van der Waals surface area contributed by atoms with Crippen LogP contribution in [0.3, 0.4) is 0 Å². The molecule has 2 aromatic rings. The SMILES string of the molecule is CC(=O)Nc1ccc(S(=O)(=O)NCC(=O)N2CCN(S(=O)(=O)Cc3ccccc3)CC2)cc1. The maximum Gasteiger partial charge on any atom is 0.241 e. The van der Waals surface area contributed by atoms with Crippen molar-refractivity contribution in [1.82, 2.24) is 13.9 Å². The van der Waals surface area contributed by atoms with Gasteiger partial charge in [-0.2, -0.15) is 4.31 Å². The zero-order chi connectivity index (χ0) is 24.1. The van der Waals surface area contributed by atoms with Crippen molar-refractivity contribution >= 4 is 37.5 Å². The molecule has 178 valence electrons. The lowest BCUT2D eigenvalue weighted by molar-refractivity contribution is -0.131. The van der Waals surface area contributed by atoms with E-state index in [-0.39, 0.29) is 42.7 Å². The molecule has 1 heterocycles. The molecule has 0 radical (unpaired) electrons. The zero-order valence-electron chi connectivity index (χ0n) is 18.1. The van der Waals surface area contributed by atoms with Crippen LogP contribution in [-0.2, 0) is 35.4 Å². The number of piperazine rings is 1. The largest absolute Gasteiger partial charge is 0.339 e. The van der Waals surface area contributed by atoms with Gasteiger partial charge >= 0.3 is 0 Å². The minimum Gasteiger partial charge on any atom is -0.339 e. The number of carbonyl (C=O) groups excluding carboxylic acids is 2. The minimum atomic E-state index is -3.92. The van der Waals surface area contributed by atoms with Crippen molar-refractivity contribution in [3.8, 4) is 0 Å². The Morgan fingerprint density at radius 3 is 2.06 bits per heavy atom. The van der Waals surface area contributed by atoms with E-state index in [2.05, 4.69) is 10.0 Å². The Balaban J connectivity index is 1.51. The number of hydrogen-bond acceptors (Lipinski definition) is 6. The normalized spacial score (nSPS) is 15.2. The Morgan fingerprint density at radius 2 is 1.48 bits per heavy atom. The standard InChI is InChI=1S/C21H26N4O6S2/c1-17(26)23-19-7-9-20(10-8-19)33(30,31)22-15-21(27)24-11-13-25(14-12-24)32(28,29)16-18-5-3-2-4-6-18/h2-10,22H,11-16H2,1H3,(H,23,26). The first-order valence-electron chi connectivity index (χ1n) is 10.2. The van der Waals surface area contributed by atoms with Crippen LogP contribution in [0.15, 0.2) is 59.5 Å². The average Bonchev–Trinajstić information content (AvgIpc) is 2.78. The second kappa shape index (κ2) is 10.4. The van der Waals surface area contributed by atoms with Crippen LogP contribution < -0.4 is 10.0 Å². The van der Waals surface area contributed by atoms with Crippen LogP contribution in [0.5, 0.6) is 0 Å². The number of anilines is 1. The lowest BCUT2D eigenvalue weighted by Gasteiger charge is -2.34. The van der Waals surface area contributed by atoms with Gasteiger partial charge in [0.2, 0.25) is 31.9 Å². The quantitative estimate of drug-likeness (QED) is 0.552. The van der Waals surface area contributed by atoms with E-state index in [0.29, 0.717) is 11.3 Å². The van der Waals surface area contributed by atoms with Crippen LogP contribution in [0.25, 0.3) is 0 Å². The number of rotatable bonds is 8. The first kappa shape index (κ1) is 24.8. The molecule has 0 unspecified atom stereocenters. The average molecular weight is 495 g/mol. The third-order valence-electron chi connectivity index (χ3n) is 5.08. The Hall–Kier alpha value is -2.80. The van der Waals surface area contributed by atoms with E-state index in [1.165, 1.54) is 40.4 Å². The van der Waals surface area contributed by atoms with Gasteiger partial charge in [-0.1, -0.05) is 30.3 Å². The fourth-order valence-electron chi connectivity index (χ4n) is 3.36. The summed E-state index contributed by atoms with van der Waals surface area (Å²) in [5, 5.41) is 2.54. The van der Waals surface area contributed by atoms with Gasteiger partial charge < -0.3 is 10.2 Å². The molecule has 1 aliphatic rings. The summed E-state index contributed by atoms with van der Waals surface area (Å²) in [5.41, 5.74) is 1.15. The van der Waals surface area contributed by atoms with Crippen molar-refractivity contribution in [1.29, 1.82) is 0 Å². The van der Waals surface area contributed by atoms with E-state index in [1.54, 1.807) is 24.3 Å². The van der Waals surface area contributed by atoms with Crippen LogP contribution >= 0.6 is 0 Å². The molecule has 0 spiro atoms. The molecule has 10 nitrogen and oxygen atoms in total. The summed E-state index contributed by atoms with van der Waals surface area (Å²) in [5.74, 6) is -0.821. The predicted octanol–water partition coefficient (Wildman–Crippen LogP) is 0.598. The molecule has 2 aromatic carbocycles. The summed E-state index contributed by atoms with van der Waals surface area (Å²) in [6.45, 7) is 1.57. The first-order valence-corrected chi connectivity index (χ1v) is 13.3. The lowest BCUT2D eigenvalue weighted by atomic mass is 10.2. The molecule has 12 heteroatoms. The van der Waals surface area contributed by atoms with Gasteiger partial charge in [-0.15, -0.1) is 0 Å². The molecule has 1 saturated heterocycles. The molecule has 0 bridgehead atoms. The predicted molar refractivity (Wildman–Crippen MR) is 123 cm³/mol. The highest BCUT2D eigenvalue weighted by atomic mass is 32.2. The summed E-state index contributed by atoms with van der Waals surface area (Å²) in [4.78, 5) is 24.9. The summed E-state index contributed by atoms with van der Waals surface area (Å²) >= 11 is 0. The van der Waals surface area contributed by atoms with Gasteiger partial charge in [0.15, 0.2) is 0 Å². The monoisotopic (exact) mass is 494 g/mol. The number of benzene rings is 2. The molecule has 1 aliphatic heterocycles. The number of hydrogen-bond donors (Lipinski definition) is 2. The van der Waals surface area contributed by atoms with Crippen LogP contribution in [-0.4, -0.2) is 70.6 Å². The van der Waals surface area contributed by atoms with Gasteiger partial charge in [0.25, 0.3) is 0 Å². The second-order valence-electron chi connectivity index (χ2n) is 7.55. The van der Waals surface area contributed by atoms with Gasteiger partial charge in [0.05, 0.1) is 17.2 Å². The number of amides is 2.